The summed E-state index contributed by atoms with van der Waals surface area (Å²) >= 11 is 6.37. The Labute approximate surface area is 131 Å². The number of alkyl halides is 1. The molecule has 4 nitrogen and oxygen atoms in total. The Morgan fingerprint density at radius 3 is 2.71 bits per heavy atom. The molecular formula is C16H25ClN4. The topological polar surface area (TPSA) is 35.6 Å². The van der Waals surface area contributed by atoms with E-state index < -0.39 is 0 Å². The summed E-state index contributed by atoms with van der Waals surface area (Å²) in [7, 11) is 2.02. The molecule has 2 aromatic heterocycles. The minimum Gasteiger partial charge on any atom is -0.312 e. The smallest absolute Gasteiger partial charge is 0.158 e. The van der Waals surface area contributed by atoms with E-state index in [-0.39, 0.29) is 5.38 Å². The Morgan fingerprint density at radius 2 is 2.14 bits per heavy atom. The van der Waals surface area contributed by atoms with Crippen molar-refractivity contribution < 1.29 is 0 Å². The average Bonchev–Trinajstić information content (AvgIpc) is 2.88. The lowest BCUT2D eigenvalue weighted by Gasteiger charge is -2.25. The van der Waals surface area contributed by atoms with E-state index in [1.54, 1.807) is 0 Å². The molecule has 21 heavy (non-hydrogen) atoms. The fourth-order valence-corrected chi connectivity index (χ4v) is 3.45. The van der Waals surface area contributed by atoms with E-state index in [9.17, 15) is 0 Å². The lowest BCUT2D eigenvalue weighted by Crippen LogP contribution is -2.16. The number of aryl methyl sites for hydroxylation is 3. The highest BCUT2D eigenvalue weighted by atomic mass is 35.5. The molecule has 1 fully saturated rings. The van der Waals surface area contributed by atoms with Crippen LogP contribution in [0.4, 0.5) is 0 Å². The maximum absolute atomic E-state index is 6.37. The van der Waals surface area contributed by atoms with Gasteiger partial charge in [0.1, 0.15) is 11.3 Å². The molecule has 1 saturated carbocycles. The van der Waals surface area contributed by atoms with Crippen molar-refractivity contribution in [3.05, 3.63) is 11.5 Å². The molecule has 2 heterocycles. The van der Waals surface area contributed by atoms with E-state index in [4.69, 9.17) is 16.6 Å². The van der Waals surface area contributed by atoms with Gasteiger partial charge >= 0.3 is 0 Å². The van der Waals surface area contributed by atoms with Crippen molar-refractivity contribution in [2.24, 2.45) is 13.0 Å². The molecule has 5 heteroatoms. The SMILES string of the molecule is CCCc1nn(C)c2c1nc(C(C)Cl)n2CCC1CCC1. The first-order valence-electron chi connectivity index (χ1n) is 8.17. The molecule has 1 unspecified atom stereocenters. The first-order chi connectivity index (χ1) is 10.1. The number of imidazole rings is 1. The van der Waals surface area contributed by atoms with Crippen LogP contribution in [0.25, 0.3) is 11.2 Å². The highest BCUT2D eigenvalue weighted by Crippen LogP contribution is 2.32. The zero-order chi connectivity index (χ0) is 15.0. The van der Waals surface area contributed by atoms with Gasteiger partial charge in [-0.15, -0.1) is 11.6 Å². The molecular weight excluding hydrogens is 284 g/mol. The molecule has 1 aliphatic rings. The zero-order valence-electron chi connectivity index (χ0n) is 13.3. The van der Waals surface area contributed by atoms with Crippen molar-refractivity contribution in [1.82, 2.24) is 19.3 Å². The second-order valence-electron chi connectivity index (χ2n) is 6.32. The van der Waals surface area contributed by atoms with Crippen molar-refractivity contribution in [2.45, 2.75) is 64.3 Å². The van der Waals surface area contributed by atoms with Crippen LogP contribution in [0.1, 0.15) is 62.8 Å². The predicted octanol–water partition coefficient (Wildman–Crippen LogP) is 4.21. The van der Waals surface area contributed by atoms with Gasteiger partial charge in [-0.2, -0.15) is 5.10 Å². The van der Waals surface area contributed by atoms with Gasteiger partial charge in [0.05, 0.1) is 11.1 Å². The van der Waals surface area contributed by atoms with Gasteiger partial charge in [0, 0.05) is 13.6 Å². The standard InChI is InChI=1S/C16H25ClN4/c1-4-6-13-14-16(20(3)19-13)21(15(18-14)11(2)17)10-9-12-7-5-8-12/h11-12H,4-10H2,1-3H3. The molecule has 1 aliphatic carbocycles. The Kier molecular flexibility index (Phi) is 4.25. The maximum Gasteiger partial charge on any atom is 0.158 e. The molecule has 1 atom stereocenters. The summed E-state index contributed by atoms with van der Waals surface area (Å²) in [6.45, 7) is 5.20. The summed E-state index contributed by atoms with van der Waals surface area (Å²) < 4.78 is 4.29. The van der Waals surface area contributed by atoms with Gasteiger partial charge in [-0.1, -0.05) is 32.6 Å². The van der Waals surface area contributed by atoms with Crippen molar-refractivity contribution in [2.75, 3.05) is 0 Å². The summed E-state index contributed by atoms with van der Waals surface area (Å²) in [5.41, 5.74) is 3.30. The third-order valence-corrected chi connectivity index (χ3v) is 4.84. The fourth-order valence-electron chi connectivity index (χ4n) is 3.28. The summed E-state index contributed by atoms with van der Waals surface area (Å²) in [6.07, 6.45) is 7.47. The van der Waals surface area contributed by atoms with E-state index in [0.717, 1.165) is 48.0 Å². The van der Waals surface area contributed by atoms with Crippen LogP contribution in [0.3, 0.4) is 0 Å². The van der Waals surface area contributed by atoms with Crippen LogP contribution in [0.2, 0.25) is 0 Å². The molecule has 116 valence electrons. The van der Waals surface area contributed by atoms with Crippen LogP contribution in [-0.2, 0) is 20.0 Å². The number of nitrogens with zero attached hydrogens (tertiary/aromatic N) is 4. The third-order valence-electron chi connectivity index (χ3n) is 4.65. The molecule has 0 spiro atoms. The molecule has 0 saturated heterocycles. The second-order valence-corrected chi connectivity index (χ2v) is 6.97. The van der Waals surface area contributed by atoms with Gasteiger partial charge in [-0.25, -0.2) is 4.98 Å². The Balaban J connectivity index is 1.99. The number of halogens is 1. The van der Waals surface area contributed by atoms with Crippen LogP contribution in [0, 0.1) is 5.92 Å². The summed E-state index contributed by atoms with van der Waals surface area (Å²) in [6, 6.07) is 0. The molecule has 0 bridgehead atoms. The second kappa shape index (κ2) is 5.99. The van der Waals surface area contributed by atoms with Crippen LogP contribution >= 0.6 is 11.6 Å². The van der Waals surface area contributed by atoms with Gasteiger partial charge in [-0.05, 0) is 25.7 Å². The third kappa shape index (κ3) is 2.70. The first kappa shape index (κ1) is 14.9. The minimum absolute atomic E-state index is 0.0618. The highest BCUT2D eigenvalue weighted by molar-refractivity contribution is 6.20. The summed E-state index contributed by atoms with van der Waals surface area (Å²) in [5.74, 6) is 1.89. The average molecular weight is 309 g/mol. The Morgan fingerprint density at radius 1 is 1.38 bits per heavy atom. The van der Waals surface area contributed by atoms with Gasteiger partial charge in [0.25, 0.3) is 0 Å². The van der Waals surface area contributed by atoms with Crippen molar-refractivity contribution in [3.8, 4) is 0 Å². The lowest BCUT2D eigenvalue weighted by atomic mass is 9.83. The number of hydrogen-bond donors (Lipinski definition) is 0. The maximum atomic E-state index is 6.37. The molecule has 0 aromatic carbocycles. The van der Waals surface area contributed by atoms with Gasteiger partial charge < -0.3 is 4.57 Å². The van der Waals surface area contributed by atoms with Crippen LogP contribution in [0.5, 0.6) is 0 Å². The van der Waals surface area contributed by atoms with Crippen LogP contribution in [-0.4, -0.2) is 19.3 Å². The summed E-state index contributed by atoms with van der Waals surface area (Å²) in [4.78, 5) is 4.82. The lowest BCUT2D eigenvalue weighted by molar-refractivity contribution is 0.282. The number of fused-ring (bicyclic) bond motifs is 1. The predicted molar refractivity (Wildman–Crippen MR) is 86.7 cm³/mol. The van der Waals surface area contributed by atoms with Gasteiger partial charge in [0.2, 0.25) is 0 Å². The molecule has 0 amide bonds. The van der Waals surface area contributed by atoms with Crippen LogP contribution in [0.15, 0.2) is 0 Å². The molecule has 3 rings (SSSR count). The number of rotatable bonds is 6. The van der Waals surface area contributed by atoms with Crippen molar-refractivity contribution in [3.63, 3.8) is 0 Å². The van der Waals surface area contributed by atoms with Crippen LogP contribution < -0.4 is 0 Å². The molecule has 0 radical (unpaired) electrons. The monoisotopic (exact) mass is 308 g/mol. The van der Waals surface area contributed by atoms with Crippen molar-refractivity contribution >= 4 is 22.8 Å². The normalized spacial score (nSPS) is 17.3. The van der Waals surface area contributed by atoms with Crippen molar-refractivity contribution in [1.29, 1.82) is 0 Å². The van der Waals surface area contributed by atoms with E-state index >= 15 is 0 Å². The van der Waals surface area contributed by atoms with Gasteiger partial charge in [0.15, 0.2) is 5.65 Å². The van der Waals surface area contributed by atoms with E-state index in [2.05, 4.69) is 16.6 Å². The molecule has 2 aromatic rings. The largest absolute Gasteiger partial charge is 0.312 e. The van der Waals surface area contributed by atoms with E-state index in [1.807, 2.05) is 18.7 Å². The summed E-state index contributed by atoms with van der Waals surface area (Å²) in [5, 5.41) is 4.59. The molecule has 0 aliphatic heterocycles. The highest BCUT2D eigenvalue weighted by Gasteiger charge is 2.23. The molecule has 0 N–H and O–H groups in total. The Bertz CT molecular complexity index is 622. The minimum atomic E-state index is -0.0618. The van der Waals surface area contributed by atoms with E-state index in [1.165, 1.54) is 25.7 Å². The Hall–Kier alpha value is -1.03. The number of aromatic nitrogens is 4. The fraction of sp³-hybridized carbons (Fsp3) is 0.750. The van der Waals surface area contributed by atoms with Gasteiger partial charge in [-0.3, -0.25) is 4.68 Å². The zero-order valence-corrected chi connectivity index (χ0v) is 14.0. The first-order valence-corrected chi connectivity index (χ1v) is 8.61. The number of hydrogen-bond acceptors (Lipinski definition) is 2. The van der Waals surface area contributed by atoms with E-state index in [0.29, 0.717) is 0 Å². The quantitative estimate of drug-likeness (QED) is 0.749.